The lowest BCUT2D eigenvalue weighted by Crippen LogP contribution is -2.42. The second-order valence-corrected chi connectivity index (χ2v) is 8.13. The van der Waals surface area contributed by atoms with Crippen LogP contribution in [0.2, 0.25) is 0 Å². The molecule has 3 aromatic rings. The van der Waals surface area contributed by atoms with Crippen LogP contribution < -0.4 is 5.32 Å². The Labute approximate surface area is 136 Å². The third kappa shape index (κ3) is 1.58. The molecule has 3 fully saturated rings. The molecule has 0 amide bonds. The van der Waals surface area contributed by atoms with Gasteiger partial charge >= 0.3 is 0 Å². The minimum Gasteiger partial charge on any atom is -0.379 e. The molecule has 6 rings (SSSR count). The van der Waals surface area contributed by atoms with Gasteiger partial charge in [-0.1, -0.05) is 48.5 Å². The van der Waals surface area contributed by atoms with E-state index in [1.165, 1.54) is 52.9 Å². The maximum Gasteiger partial charge on any atom is 0.0430 e. The second-order valence-electron chi connectivity index (χ2n) is 8.13. The molecule has 1 nitrogen and oxygen atoms in total. The molecule has 2 atom stereocenters. The highest BCUT2D eigenvalue weighted by atomic mass is 15.0. The Bertz CT molecular complexity index is 924. The van der Waals surface area contributed by atoms with Crippen molar-refractivity contribution in [3.63, 3.8) is 0 Å². The molecule has 3 saturated carbocycles. The number of hydrogen-bond acceptors (Lipinski definition) is 1. The van der Waals surface area contributed by atoms with E-state index in [1.54, 1.807) is 0 Å². The van der Waals surface area contributed by atoms with E-state index in [0.29, 0.717) is 5.54 Å². The van der Waals surface area contributed by atoms with E-state index in [9.17, 15) is 0 Å². The van der Waals surface area contributed by atoms with Crippen LogP contribution in [0.5, 0.6) is 0 Å². The fourth-order valence-electron chi connectivity index (χ4n) is 6.03. The lowest BCUT2D eigenvalue weighted by Gasteiger charge is -2.45. The van der Waals surface area contributed by atoms with Crippen molar-refractivity contribution in [1.29, 1.82) is 0 Å². The summed E-state index contributed by atoms with van der Waals surface area (Å²) in [4.78, 5) is 0. The normalized spacial score (nSPS) is 34.0. The lowest BCUT2D eigenvalue weighted by atomic mass is 9.63. The molecule has 2 unspecified atom stereocenters. The van der Waals surface area contributed by atoms with Crippen molar-refractivity contribution in [2.45, 2.75) is 31.2 Å². The molecule has 3 aromatic carbocycles. The molecule has 0 aromatic heterocycles. The molecular weight excluding hydrogens is 278 g/mol. The van der Waals surface area contributed by atoms with Crippen molar-refractivity contribution in [2.75, 3.05) is 5.32 Å². The molecule has 23 heavy (non-hydrogen) atoms. The zero-order valence-corrected chi connectivity index (χ0v) is 13.3. The summed E-state index contributed by atoms with van der Waals surface area (Å²) < 4.78 is 0. The third-order valence-electron chi connectivity index (χ3n) is 6.92. The number of hydrogen-bond donors (Lipinski definition) is 1. The van der Waals surface area contributed by atoms with Gasteiger partial charge in [-0.3, -0.25) is 0 Å². The summed E-state index contributed by atoms with van der Waals surface area (Å²) in [6.07, 6.45) is 5.71. The van der Waals surface area contributed by atoms with Crippen LogP contribution in [0.25, 0.3) is 21.5 Å². The topological polar surface area (TPSA) is 12.0 Å². The van der Waals surface area contributed by atoms with Gasteiger partial charge in [0.25, 0.3) is 0 Å². The van der Waals surface area contributed by atoms with Crippen LogP contribution in [-0.2, 0) is 0 Å². The number of benzene rings is 3. The van der Waals surface area contributed by atoms with Crippen molar-refractivity contribution in [3.05, 3.63) is 54.6 Å². The van der Waals surface area contributed by atoms with Crippen LogP contribution in [-0.4, -0.2) is 5.54 Å². The van der Waals surface area contributed by atoms with E-state index in [0.717, 1.165) is 17.8 Å². The first-order valence-corrected chi connectivity index (χ1v) is 9.00. The van der Waals surface area contributed by atoms with Crippen molar-refractivity contribution in [1.82, 2.24) is 0 Å². The van der Waals surface area contributed by atoms with Gasteiger partial charge in [-0.15, -0.1) is 0 Å². The van der Waals surface area contributed by atoms with Gasteiger partial charge in [-0.2, -0.15) is 0 Å². The average Bonchev–Trinajstić information content (AvgIpc) is 3.03. The Balaban J connectivity index is 1.54. The highest BCUT2D eigenvalue weighted by Gasteiger charge is 2.61. The van der Waals surface area contributed by atoms with E-state index in [4.69, 9.17) is 0 Å². The highest BCUT2D eigenvalue weighted by molar-refractivity contribution is 6.13. The predicted octanol–water partition coefficient (Wildman–Crippen LogP) is 5.59. The summed E-state index contributed by atoms with van der Waals surface area (Å²) in [5.41, 5.74) is 1.74. The third-order valence-corrected chi connectivity index (χ3v) is 6.92. The molecule has 2 bridgehead atoms. The quantitative estimate of drug-likeness (QED) is 0.608. The summed E-state index contributed by atoms with van der Waals surface area (Å²) >= 11 is 0. The lowest BCUT2D eigenvalue weighted by molar-refractivity contribution is 0.0812. The summed E-state index contributed by atoms with van der Waals surface area (Å²) in [5.74, 6) is 3.08. The van der Waals surface area contributed by atoms with Crippen molar-refractivity contribution in [2.24, 2.45) is 17.8 Å². The largest absolute Gasteiger partial charge is 0.379 e. The number of anilines is 1. The summed E-state index contributed by atoms with van der Waals surface area (Å²) in [6, 6.07) is 20.0. The molecule has 0 radical (unpaired) electrons. The minimum atomic E-state index is 0.392. The van der Waals surface area contributed by atoms with E-state index >= 15 is 0 Å². The standard InChI is InChI=1S/C22H21N/c1-2-6-17-14(5-1)10-21(19-8-4-3-7-18(17)19)23-22-11-15-9-16(12-22)20(15)13-22/h1-8,10,15-16,20,23H,9,11-13H2. The van der Waals surface area contributed by atoms with Crippen molar-refractivity contribution in [3.8, 4) is 0 Å². The van der Waals surface area contributed by atoms with E-state index in [1.807, 2.05) is 0 Å². The van der Waals surface area contributed by atoms with Crippen molar-refractivity contribution >= 4 is 27.2 Å². The summed E-state index contributed by atoms with van der Waals surface area (Å²) in [6.45, 7) is 0. The van der Waals surface area contributed by atoms with Gasteiger partial charge in [0, 0.05) is 16.6 Å². The van der Waals surface area contributed by atoms with Gasteiger partial charge in [-0.25, -0.2) is 0 Å². The molecule has 0 aliphatic heterocycles. The molecule has 114 valence electrons. The predicted molar refractivity (Wildman–Crippen MR) is 96.7 cm³/mol. The van der Waals surface area contributed by atoms with Gasteiger partial charge in [0.15, 0.2) is 0 Å². The molecule has 0 heterocycles. The molecule has 3 aliphatic carbocycles. The van der Waals surface area contributed by atoms with E-state index in [2.05, 4.69) is 59.9 Å². The first-order valence-electron chi connectivity index (χ1n) is 9.00. The molecule has 3 aliphatic rings. The monoisotopic (exact) mass is 299 g/mol. The Morgan fingerprint density at radius 2 is 1.48 bits per heavy atom. The highest BCUT2D eigenvalue weighted by Crippen LogP contribution is 2.66. The van der Waals surface area contributed by atoms with Gasteiger partial charge in [0.05, 0.1) is 0 Å². The zero-order chi connectivity index (χ0) is 15.0. The Morgan fingerprint density at radius 3 is 2.22 bits per heavy atom. The number of fused-ring (bicyclic) bond motifs is 4. The fraction of sp³-hybridized carbons (Fsp3) is 0.364. The molecule has 1 N–H and O–H groups in total. The zero-order valence-electron chi connectivity index (χ0n) is 13.3. The van der Waals surface area contributed by atoms with Gasteiger partial charge < -0.3 is 5.32 Å². The summed E-state index contributed by atoms with van der Waals surface area (Å²) in [5, 5.41) is 9.51. The average molecular weight is 299 g/mol. The van der Waals surface area contributed by atoms with Crippen molar-refractivity contribution < 1.29 is 0 Å². The van der Waals surface area contributed by atoms with Crippen LogP contribution in [0.3, 0.4) is 0 Å². The molecule has 1 heteroatoms. The Kier molecular flexibility index (Phi) is 2.20. The molecule has 0 saturated heterocycles. The van der Waals surface area contributed by atoms with Crippen LogP contribution in [0, 0.1) is 17.8 Å². The first-order chi connectivity index (χ1) is 11.3. The number of nitrogens with one attached hydrogen (secondary N) is 1. The smallest absolute Gasteiger partial charge is 0.0430 e. The van der Waals surface area contributed by atoms with Crippen LogP contribution >= 0.6 is 0 Å². The fourth-order valence-corrected chi connectivity index (χ4v) is 6.03. The van der Waals surface area contributed by atoms with Crippen LogP contribution in [0.15, 0.2) is 54.6 Å². The first kappa shape index (κ1) is 12.4. The van der Waals surface area contributed by atoms with E-state index in [-0.39, 0.29) is 0 Å². The van der Waals surface area contributed by atoms with Gasteiger partial charge in [-0.05, 0) is 65.7 Å². The Morgan fingerprint density at radius 1 is 0.783 bits per heavy atom. The number of rotatable bonds is 2. The van der Waals surface area contributed by atoms with Crippen LogP contribution in [0.1, 0.15) is 25.7 Å². The van der Waals surface area contributed by atoms with E-state index < -0.39 is 0 Å². The molecular formula is C22H21N. The maximum atomic E-state index is 4.04. The SMILES string of the molecule is c1ccc2c(c1)cc(NC13CC4CC(C1)C4C3)c1ccccc12. The van der Waals surface area contributed by atoms with Crippen LogP contribution in [0.4, 0.5) is 5.69 Å². The Hall–Kier alpha value is -2.02. The van der Waals surface area contributed by atoms with Gasteiger partial charge in [0.2, 0.25) is 0 Å². The second kappa shape index (κ2) is 4.08. The molecule has 0 spiro atoms. The summed E-state index contributed by atoms with van der Waals surface area (Å²) in [7, 11) is 0. The van der Waals surface area contributed by atoms with Gasteiger partial charge in [0.1, 0.15) is 0 Å². The minimum absolute atomic E-state index is 0.392. The maximum absolute atomic E-state index is 4.04.